The standard InChI is InChI=1S/C17H19NO3/c1-11-4-6-14(12(2)8-11)18(3)10-17(21)13-5-7-15(19)16(20)9-13/h4-9,19-20H,10H2,1-3H3. The highest BCUT2D eigenvalue weighted by Crippen LogP contribution is 2.26. The molecule has 0 saturated heterocycles. The Morgan fingerprint density at radius 3 is 2.38 bits per heavy atom. The van der Waals surface area contributed by atoms with E-state index in [9.17, 15) is 15.0 Å². The number of rotatable bonds is 4. The van der Waals surface area contributed by atoms with Crippen molar-refractivity contribution in [3.8, 4) is 11.5 Å². The number of benzene rings is 2. The summed E-state index contributed by atoms with van der Waals surface area (Å²) in [5.41, 5.74) is 3.66. The molecule has 0 spiro atoms. The Balaban J connectivity index is 2.16. The van der Waals surface area contributed by atoms with Crippen molar-refractivity contribution in [3.05, 3.63) is 53.1 Å². The van der Waals surface area contributed by atoms with Crippen molar-refractivity contribution in [3.63, 3.8) is 0 Å². The summed E-state index contributed by atoms with van der Waals surface area (Å²) in [6, 6.07) is 10.2. The summed E-state index contributed by atoms with van der Waals surface area (Å²) in [6.45, 7) is 4.24. The molecule has 0 atom stereocenters. The maximum Gasteiger partial charge on any atom is 0.182 e. The van der Waals surface area contributed by atoms with Crippen LogP contribution in [0.2, 0.25) is 0 Å². The minimum absolute atomic E-state index is 0.118. The van der Waals surface area contributed by atoms with E-state index in [2.05, 4.69) is 6.07 Å². The van der Waals surface area contributed by atoms with Crippen molar-refractivity contribution < 1.29 is 15.0 Å². The lowest BCUT2D eigenvalue weighted by Crippen LogP contribution is -2.26. The zero-order valence-corrected chi connectivity index (χ0v) is 12.4. The van der Waals surface area contributed by atoms with Crippen molar-refractivity contribution in [2.24, 2.45) is 0 Å². The van der Waals surface area contributed by atoms with Crippen LogP contribution in [0.1, 0.15) is 21.5 Å². The number of nitrogens with zero attached hydrogens (tertiary/aromatic N) is 1. The SMILES string of the molecule is Cc1ccc(N(C)CC(=O)c2ccc(O)c(O)c2)c(C)c1. The van der Waals surface area contributed by atoms with Gasteiger partial charge in [0.05, 0.1) is 6.54 Å². The molecule has 0 saturated carbocycles. The smallest absolute Gasteiger partial charge is 0.182 e. The lowest BCUT2D eigenvalue weighted by Gasteiger charge is -2.21. The third-order valence-electron chi connectivity index (χ3n) is 3.44. The van der Waals surface area contributed by atoms with Crippen LogP contribution in [0.5, 0.6) is 11.5 Å². The Labute approximate surface area is 124 Å². The van der Waals surface area contributed by atoms with Crippen LogP contribution in [-0.4, -0.2) is 29.6 Å². The molecule has 2 aromatic rings. The first-order valence-electron chi connectivity index (χ1n) is 6.72. The first kappa shape index (κ1) is 14.9. The number of likely N-dealkylation sites (N-methyl/N-ethyl adjacent to an activating group) is 1. The van der Waals surface area contributed by atoms with Gasteiger partial charge in [-0.05, 0) is 43.7 Å². The average molecular weight is 285 g/mol. The molecule has 4 nitrogen and oxygen atoms in total. The summed E-state index contributed by atoms with van der Waals surface area (Å²) < 4.78 is 0. The summed E-state index contributed by atoms with van der Waals surface area (Å²) in [4.78, 5) is 14.1. The molecule has 0 aliphatic heterocycles. The molecule has 0 aliphatic carbocycles. The van der Waals surface area contributed by atoms with Gasteiger partial charge in [0.15, 0.2) is 17.3 Å². The minimum atomic E-state index is -0.282. The Kier molecular flexibility index (Phi) is 4.17. The van der Waals surface area contributed by atoms with Crippen LogP contribution in [0.25, 0.3) is 0 Å². The number of Topliss-reactive ketones (excluding diaryl/α,β-unsaturated/α-hetero) is 1. The Hall–Kier alpha value is -2.49. The predicted molar refractivity (Wildman–Crippen MR) is 83.3 cm³/mol. The normalized spacial score (nSPS) is 10.4. The second-order valence-corrected chi connectivity index (χ2v) is 5.27. The van der Waals surface area contributed by atoms with E-state index >= 15 is 0 Å². The van der Waals surface area contributed by atoms with Crippen LogP contribution >= 0.6 is 0 Å². The van der Waals surface area contributed by atoms with Gasteiger partial charge in [-0.1, -0.05) is 17.7 Å². The van der Waals surface area contributed by atoms with Gasteiger partial charge in [-0.25, -0.2) is 0 Å². The van der Waals surface area contributed by atoms with Gasteiger partial charge in [0.25, 0.3) is 0 Å². The highest BCUT2D eigenvalue weighted by Gasteiger charge is 2.13. The number of ketones is 1. The molecular weight excluding hydrogens is 266 g/mol. The van der Waals surface area contributed by atoms with Crippen LogP contribution in [0.3, 0.4) is 0 Å². The fourth-order valence-electron chi connectivity index (χ4n) is 2.32. The molecule has 0 radical (unpaired) electrons. The third-order valence-corrected chi connectivity index (χ3v) is 3.44. The molecule has 2 aromatic carbocycles. The Morgan fingerprint density at radius 2 is 1.76 bits per heavy atom. The van der Waals surface area contributed by atoms with E-state index in [-0.39, 0.29) is 23.8 Å². The van der Waals surface area contributed by atoms with Crippen LogP contribution in [0.4, 0.5) is 5.69 Å². The minimum Gasteiger partial charge on any atom is -0.504 e. The largest absolute Gasteiger partial charge is 0.504 e. The second kappa shape index (κ2) is 5.87. The highest BCUT2D eigenvalue weighted by molar-refractivity contribution is 5.99. The zero-order chi connectivity index (χ0) is 15.6. The number of anilines is 1. The fourth-order valence-corrected chi connectivity index (χ4v) is 2.32. The molecule has 21 heavy (non-hydrogen) atoms. The molecule has 0 heterocycles. The van der Waals surface area contributed by atoms with E-state index in [0.29, 0.717) is 5.56 Å². The van der Waals surface area contributed by atoms with Gasteiger partial charge >= 0.3 is 0 Å². The van der Waals surface area contributed by atoms with Crippen molar-refractivity contribution in [1.29, 1.82) is 0 Å². The average Bonchev–Trinajstić information content (AvgIpc) is 2.41. The van der Waals surface area contributed by atoms with Crippen LogP contribution in [-0.2, 0) is 0 Å². The lowest BCUT2D eigenvalue weighted by molar-refractivity contribution is 0.1000. The summed E-state index contributed by atoms with van der Waals surface area (Å²) in [5.74, 6) is -0.628. The number of phenols is 2. The highest BCUT2D eigenvalue weighted by atomic mass is 16.3. The van der Waals surface area contributed by atoms with Crippen LogP contribution < -0.4 is 4.90 Å². The topological polar surface area (TPSA) is 60.8 Å². The maximum atomic E-state index is 12.2. The van der Waals surface area contributed by atoms with Gasteiger partial charge in [-0.3, -0.25) is 4.79 Å². The van der Waals surface area contributed by atoms with Gasteiger partial charge in [0, 0.05) is 18.3 Å². The molecule has 0 unspecified atom stereocenters. The van der Waals surface area contributed by atoms with E-state index in [0.717, 1.165) is 11.3 Å². The van der Waals surface area contributed by atoms with Crippen LogP contribution in [0.15, 0.2) is 36.4 Å². The molecule has 0 amide bonds. The number of hydrogen-bond donors (Lipinski definition) is 2. The molecule has 110 valence electrons. The molecule has 2 rings (SSSR count). The van der Waals surface area contributed by atoms with Gasteiger partial charge in [0.2, 0.25) is 0 Å². The molecule has 0 aliphatic rings. The number of hydrogen-bond acceptors (Lipinski definition) is 4. The fraction of sp³-hybridized carbons (Fsp3) is 0.235. The molecular formula is C17H19NO3. The summed E-state index contributed by atoms with van der Waals surface area (Å²) >= 11 is 0. The maximum absolute atomic E-state index is 12.2. The quantitative estimate of drug-likeness (QED) is 0.669. The number of aryl methyl sites for hydroxylation is 2. The Morgan fingerprint density at radius 1 is 1.05 bits per heavy atom. The monoisotopic (exact) mass is 285 g/mol. The first-order chi connectivity index (χ1) is 9.88. The van der Waals surface area contributed by atoms with Crippen molar-refractivity contribution in [1.82, 2.24) is 0 Å². The molecule has 0 fully saturated rings. The molecule has 0 aromatic heterocycles. The predicted octanol–water partition coefficient (Wildman–Crippen LogP) is 3.03. The second-order valence-electron chi connectivity index (χ2n) is 5.27. The van der Waals surface area contributed by atoms with Crippen LogP contribution in [0, 0.1) is 13.8 Å². The molecule has 2 N–H and O–H groups in total. The van der Waals surface area contributed by atoms with E-state index in [1.807, 2.05) is 37.9 Å². The van der Waals surface area contributed by atoms with Crippen molar-refractivity contribution in [2.75, 3.05) is 18.5 Å². The van der Waals surface area contributed by atoms with E-state index in [1.165, 1.54) is 23.8 Å². The van der Waals surface area contributed by atoms with Gasteiger partial charge in [-0.15, -0.1) is 0 Å². The number of carbonyl (C=O) groups is 1. The zero-order valence-electron chi connectivity index (χ0n) is 12.4. The van der Waals surface area contributed by atoms with E-state index in [4.69, 9.17) is 0 Å². The number of aromatic hydroxyl groups is 2. The van der Waals surface area contributed by atoms with Crippen molar-refractivity contribution in [2.45, 2.75) is 13.8 Å². The number of phenolic OH excluding ortho intramolecular Hbond substituents is 2. The van der Waals surface area contributed by atoms with Gasteiger partial charge in [-0.2, -0.15) is 0 Å². The van der Waals surface area contributed by atoms with E-state index in [1.54, 1.807) is 0 Å². The Bertz CT molecular complexity index is 680. The summed E-state index contributed by atoms with van der Waals surface area (Å²) in [6.07, 6.45) is 0. The van der Waals surface area contributed by atoms with E-state index < -0.39 is 0 Å². The third kappa shape index (κ3) is 3.34. The lowest BCUT2D eigenvalue weighted by atomic mass is 10.1. The summed E-state index contributed by atoms with van der Waals surface area (Å²) in [7, 11) is 1.86. The summed E-state index contributed by atoms with van der Waals surface area (Å²) in [5, 5.41) is 18.7. The molecule has 4 heteroatoms. The number of carbonyl (C=O) groups excluding carboxylic acids is 1. The van der Waals surface area contributed by atoms with Gasteiger partial charge in [0.1, 0.15) is 0 Å². The van der Waals surface area contributed by atoms with Gasteiger partial charge < -0.3 is 15.1 Å². The first-order valence-corrected chi connectivity index (χ1v) is 6.72. The molecule has 0 bridgehead atoms. The van der Waals surface area contributed by atoms with Crippen molar-refractivity contribution >= 4 is 11.5 Å².